The van der Waals surface area contributed by atoms with Crippen LogP contribution in [0.3, 0.4) is 0 Å². The molecule has 2 aromatic rings. The second kappa shape index (κ2) is 7.68. The predicted octanol–water partition coefficient (Wildman–Crippen LogP) is 3.52. The third kappa shape index (κ3) is 3.77. The number of carbonyl (C=O) groups excluding carboxylic acids is 1. The first-order chi connectivity index (χ1) is 11.5. The van der Waals surface area contributed by atoms with E-state index < -0.39 is 23.6 Å². The number of benzene rings is 1. The summed E-state index contributed by atoms with van der Waals surface area (Å²) in [4.78, 5) is 12.2. The summed E-state index contributed by atoms with van der Waals surface area (Å²) < 4.78 is 28.4. The van der Waals surface area contributed by atoms with Crippen LogP contribution >= 0.6 is 0 Å². The van der Waals surface area contributed by atoms with Gasteiger partial charge in [0.15, 0.2) is 0 Å². The average Bonchev–Trinajstić information content (AvgIpc) is 3.04. The van der Waals surface area contributed by atoms with Gasteiger partial charge < -0.3 is 5.32 Å². The number of rotatable bonds is 6. The summed E-state index contributed by atoms with van der Waals surface area (Å²) in [7, 11) is 0. The van der Waals surface area contributed by atoms with E-state index in [0.29, 0.717) is 6.07 Å². The minimum Gasteiger partial charge on any atom is -0.331 e. The first kappa shape index (κ1) is 17.6. The molecule has 0 saturated heterocycles. The van der Waals surface area contributed by atoms with E-state index in [1.807, 2.05) is 13.8 Å². The Morgan fingerprint density at radius 1 is 1.33 bits per heavy atom. The zero-order valence-corrected chi connectivity index (χ0v) is 13.5. The van der Waals surface area contributed by atoms with E-state index >= 15 is 0 Å². The lowest BCUT2D eigenvalue weighted by Gasteiger charge is -2.13. The monoisotopic (exact) mass is 332 g/mol. The molecule has 0 saturated carbocycles. The van der Waals surface area contributed by atoms with Crippen molar-refractivity contribution in [3.8, 4) is 6.07 Å². The number of aromatic nitrogens is 2. The number of halogens is 2. The molecule has 1 aromatic heterocycles. The Morgan fingerprint density at radius 2 is 2.04 bits per heavy atom. The van der Waals surface area contributed by atoms with Crippen molar-refractivity contribution in [1.29, 1.82) is 5.26 Å². The van der Waals surface area contributed by atoms with Gasteiger partial charge in [-0.15, -0.1) is 0 Å². The number of nitrogens with zero attached hydrogens (tertiary/aromatic N) is 3. The van der Waals surface area contributed by atoms with Gasteiger partial charge in [-0.3, -0.25) is 9.48 Å². The highest BCUT2D eigenvalue weighted by Crippen LogP contribution is 2.19. The Hall–Kier alpha value is -2.75. The van der Waals surface area contributed by atoms with E-state index in [0.717, 1.165) is 25.0 Å². The lowest BCUT2D eigenvalue weighted by atomic mass is 10.1. The number of nitriles is 1. The van der Waals surface area contributed by atoms with Crippen LogP contribution in [-0.2, 0) is 0 Å². The highest BCUT2D eigenvalue weighted by atomic mass is 19.1. The molecule has 0 radical (unpaired) electrons. The van der Waals surface area contributed by atoms with E-state index in [1.54, 1.807) is 23.0 Å². The largest absolute Gasteiger partial charge is 0.331 e. The predicted molar refractivity (Wildman–Crippen MR) is 84.0 cm³/mol. The molecule has 5 nitrogen and oxygen atoms in total. The van der Waals surface area contributed by atoms with Gasteiger partial charge in [-0.2, -0.15) is 10.4 Å². The molecule has 1 amide bonds. The Balaban J connectivity index is 2.17. The fraction of sp³-hybridized carbons (Fsp3) is 0.353. The topological polar surface area (TPSA) is 70.7 Å². The van der Waals surface area contributed by atoms with Crippen molar-refractivity contribution in [3.63, 3.8) is 0 Å². The standard InChI is InChI=1S/C17H18F2N4O/c1-3-12(4-2)23-8-7-15(22-23)17(24)21-16(10-20)13-6-5-11(18)9-14(13)19/h5-9,12,16H,3-4H2,1-2H3,(H,21,24). The summed E-state index contributed by atoms with van der Waals surface area (Å²) >= 11 is 0. The fourth-order valence-electron chi connectivity index (χ4n) is 2.45. The van der Waals surface area contributed by atoms with Crippen molar-refractivity contribution in [3.05, 3.63) is 53.4 Å². The van der Waals surface area contributed by atoms with Crippen molar-refractivity contribution >= 4 is 5.91 Å². The van der Waals surface area contributed by atoms with Crippen molar-refractivity contribution in [1.82, 2.24) is 15.1 Å². The number of amides is 1. The molecule has 0 fully saturated rings. The zero-order valence-electron chi connectivity index (χ0n) is 13.5. The van der Waals surface area contributed by atoms with Crippen LogP contribution in [-0.4, -0.2) is 15.7 Å². The fourth-order valence-corrected chi connectivity index (χ4v) is 2.45. The molecule has 1 unspecified atom stereocenters. The molecule has 126 valence electrons. The van der Waals surface area contributed by atoms with Crippen molar-refractivity contribution in [2.45, 2.75) is 38.8 Å². The Morgan fingerprint density at radius 3 is 2.62 bits per heavy atom. The summed E-state index contributed by atoms with van der Waals surface area (Å²) in [6.07, 6.45) is 3.45. The van der Waals surface area contributed by atoms with E-state index in [9.17, 15) is 18.8 Å². The van der Waals surface area contributed by atoms with Crippen LogP contribution < -0.4 is 5.32 Å². The highest BCUT2D eigenvalue weighted by molar-refractivity contribution is 5.92. The SMILES string of the molecule is CCC(CC)n1ccc(C(=O)NC(C#N)c2ccc(F)cc2F)n1. The number of carbonyl (C=O) groups is 1. The molecule has 0 bridgehead atoms. The maximum absolute atomic E-state index is 13.8. The average molecular weight is 332 g/mol. The molecule has 0 spiro atoms. The zero-order chi connectivity index (χ0) is 17.7. The molecule has 0 aliphatic carbocycles. The van der Waals surface area contributed by atoms with Crippen molar-refractivity contribution in [2.24, 2.45) is 0 Å². The van der Waals surface area contributed by atoms with Crippen LogP contribution in [0, 0.1) is 23.0 Å². The summed E-state index contributed by atoms with van der Waals surface area (Å²) in [5.41, 5.74) is 0.0522. The minimum absolute atomic E-state index is 0.0910. The molecule has 24 heavy (non-hydrogen) atoms. The molecule has 7 heteroatoms. The van der Waals surface area contributed by atoms with E-state index in [-0.39, 0.29) is 17.3 Å². The molecule has 1 aromatic carbocycles. The lowest BCUT2D eigenvalue weighted by molar-refractivity contribution is 0.0938. The normalized spacial score (nSPS) is 12.0. The number of hydrogen-bond donors (Lipinski definition) is 1. The first-order valence-electron chi connectivity index (χ1n) is 7.70. The second-order valence-corrected chi connectivity index (χ2v) is 5.35. The van der Waals surface area contributed by atoms with Gasteiger partial charge in [0.25, 0.3) is 5.91 Å². The smallest absolute Gasteiger partial charge is 0.273 e. The van der Waals surface area contributed by atoms with Crippen molar-refractivity contribution in [2.75, 3.05) is 0 Å². The van der Waals surface area contributed by atoms with Crippen LogP contribution in [0.25, 0.3) is 0 Å². The van der Waals surface area contributed by atoms with E-state index in [2.05, 4.69) is 10.4 Å². The molecule has 1 N–H and O–H groups in total. The van der Waals surface area contributed by atoms with Gasteiger partial charge in [-0.05, 0) is 25.0 Å². The quantitative estimate of drug-likeness (QED) is 0.880. The minimum atomic E-state index is -1.23. The van der Waals surface area contributed by atoms with E-state index in [4.69, 9.17) is 0 Å². The Kier molecular flexibility index (Phi) is 5.64. The highest BCUT2D eigenvalue weighted by Gasteiger charge is 2.21. The van der Waals surface area contributed by atoms with Gasteiger partial charge in [0.2, 0.25) is 0 Å². The van der Waals surface area contributed by atoms with Gasteiger partial charge in [0, 0.05) is 17.8 Å². The van der Waals surface area contributed by atoms with Gasteiger partial charge in [0.1, 0.15) is 23.4 Å². The molecular formula is C17H18F2N4O. The Labute approximate surface area is 138 Å². The molecule has 1 atom stereocenters. The van der Waals surface area contributed by atoms with Gasteiger partial charge in [-0.25, -0.2) is 8.78 Å². The molecule has 2 rings (SSSR count). The van der Waals surface area contributed by atoms with Crippen molar-refractivity contribution < 1.29 is 13.6 Å². The van der Waals surface area contributed by atoms with E-state index in [1.165, 1.54) is 0 Å². The molecule has 0 aliphatic rings. The second-order valence-electron chi connectivity index (χ2n) is 5.35. The van der Waals surface area contributed by atoms with Crippen LogP contribution in [0.15, 0.2) is 30.5 Å². The van der Waals surface area contributed by atoms with Crippen LogP contribution in [0.2, 0.25) is 0 Å². The third-order valence-corrected chi connectivity index (χ3v) is 3.84. The maximum atomic E-state index is 13.8. The molecule has 1 heterocycles. The van der Waals surface area contributed by atoms with Gasteiger partial charge in [-0.1, -0.05) is 19.9 Å². The molecule has 0 aliphatic heterocycles. The summed E-state index contributed by atoms with van der Waals surface area (Å²) in [6.45, 7) is 4.05. The van der Waals surface area contributed by atoms with Gasteiger partial charge >= 0.3 is 0 Å². The van der Waals surface area contributed by atoms with Gasteiger partial charge in [0.05, 0.1) is 12.1 Å². The van der Waals surface area contributed by atoms with Crippen LogP contribution in [0.1, 0.15) is 54.8 Å². The Bertz CT molecular complexity index is 762. The molecular weight excluding hydrogens is 314 g/mol. The number of hydrogen-bond acceptors (Lipinski definition) is 3. The van der Waals surface area contributed by atoms with Crippen LogP contribution in [0.5, 0.6) is 0 Å². The summed E-state index contributed by atoms with van der Waals surface area (Å²) in [5.74, 6) is -2.22. The number of nitrogens with one attached hydrogen (secondary N) is 1. The first-order valence-corrected chi connectivity index (χ1v) is 7.70. The summed E-state index contributed by atoms with van der Waals surface area (Å²) in [5, 5.41) is 15.8. The maximum Gasteiger partial charge on any atom is 0.273 e. The third-order valence-electron chi connectivity index (χ3n) is 3.84. The van der Waals surface area contributed by atoms with Crippen LogP contribution in [0.4, 0.5) is 8.78 Å². The lowest BCUT2D eigenvalue weighted by Crippen LogP contribution is -2.29. The summed E-state index contributed by atoms with van der Waals surface area (Å²) in [6, 6.07) is 5.16.